The van der Waals surface area contributed by atoms with Gasteiger partial charge in [-0.1, -0.05) is 25.0 Å². The number of para-hydroxylation sites is 1. The highest BCUT2D eigenvalue weighted by atomic mass is 32.2. The maximum Gasteiger partial charge on any atom is 0.279 e. The van der Waals surface area contributed by atoms with Crippen molar-refractivity contribution in [3.63, 3.8) is 0 Å². The average Bonchev–Trinajstić information content (AvgIpc) is 2.84. The highest BCUT2D eigenvalue weighted by molar-refractivity contribution is 7.98. The summed E-state index contributed by atoms with van der Waals surface area (Å²) in [5.74, 6) is 0.101. The number of hydrogen-bond acceptors (Lipinski definition) is 3. The molecule has 1 aromatic rings. The molecule has 5 nitrogen and oxygen atoms in total. The average molecular weight is 351 g/mol. The SMILES string of the molecule is CSc1ccccc1NC(=O)C[NH+](C)CC(=O)N1CCCCCC1. The maximum absolute atomic E-state index is 12.4. The van der Waals surface area contributed by atoms with Crippen LogP contribution in [-0.2, 0) is 9.59 Å². The predicted molar refractivity (Wildman–Crippen MR) is 98.5 cm³/mol. The second kappa shape index (κ2) is 9.69. The number of carbonyl (C=O) groups excluding carboxylic acids is 2. The smallest absolute Gasteiger partial charge is 0.279 e. The molecule has 0 aromatic heterocycles. The Hall–Kier alpha value is -1.53. The number of carbonyl (C=O) groups is 2. The van der Waals surface area contributed by atoms with Crippen LogP contribution >= 0.6 is 11.8 Å². The van der Waals surface area contributed by atoms with E-state index >= 15 is 0 Å². The summed E-state index contributed by atoms with van der Waals surface area (Å²) in [6.07, 6.45) is 6.60. The molecule has 6 heteroatoms. The van der Waals surface area contributed by atoms with Gasteiger partial charge in [-0.05, 0) is 31.2 Å². The Morgan fingerprint density at radius 2 is 1.79 bits per heavy atom. The van der Waals surface area contributed by atoms with Crippen molar-refractivity contribution in [3.8, 4) is 0 Å². The molecule has 0 spiro atoms. The van der Waals surface area contributed by atoms with E-state index in [2.05, 4.69) is 5.32 Å². The minimum Gasteiger partial charge on any atom is -0.338 e. The summed E-state index contributed by atoms with van der Waals surface area (Å²) in [7, 11) is 1.90. The van der Waals surface area contributed by atoms with Crippen molar-refractivity contribution < 1.29 is 14.5 Å². The van der Waals surface area contributed by atoms with Crippen molar-refractivity contribution in [1.29, 1.82) is 0 Å². The van der Waals surface area contributed by atoms with Gasteiger partial charge < -0.3 is 15.1 Å². The highest BCUT2D eigenvalue weighted by Crippen LogP contribution is 2.24. The summed E-state index contributed by atoms with van der Waals surface area (Å²) in [5.41, 5.74) is 0.835. The molecule has 1 unspecified atom stereocenters. The number of rotatable bonds is 6. The molecular formula is C18H28N3O2S+. The van der Waals surface area contributed by atoms with Crippen LogP contribution in [0.5, 0.6) is 0 Å². The molecule has 1 fully saturated rings. The van der Waals surface area contributed by atoms with E-state index in [1.54, 1.807) is 11.8 Å². The van der Waals surface area contributed by atoms with Gasteiger partial charge in [0.15, 0.2) is 13.1 Å². The van der Waals surface area contributed by atoms with Crippen LogP contribution < -0.4 is 10.2 Å². The Bertz CT molecular complexity index is 557. The first-order valence-corrected chi connectivity index (χ1v) is 9.84. The van der Waals surface area contributed by atoms with E-state index in [1.165, 1.54) is 12.8 Å². The number of anilines is 1. The molecule has 1 aliphatic heterocycles. The van der Waals surface area contributed by atoms with Gasteiger partial charge in [0.05, 0.1) is 12.7 Å². The molecule has 2 N–H and O–H groups in total. The molecule has 0 saturated carbocycles. The van der Waals surface area contributed by atoms with Gasteiger partial charge in [0.25, 0.3) is 11.8 Å². The number of quaternary nitrogens is 1. The lowest BCUT2D eigenvalue weighted by atomic mass is 10.2. The van der Waals surface area contributed by atoms with Gasteiger partial charge in [0.1, 0.15) is 0 Å². The zero-order valence-corrected chi connectivity index (χ0v) is 15.5. The van der Waals surface area contributed by atoms with Crippen LogP contribution in [0.3, 0.4) is 0 Å². The fourth-order valence-corrected chi connectivity index (χ4v) is 3.52. The zero-order valence-electron chi connectivity index (χ0n) is 14.6. The van der Waals surface area contributed by atoms with Crippen LogP contribution in [-0.4, -0.2) is 56.2 Å². The number of benzene rings is 1. The van der Waals surface area contributed by atoms with Crippen molar-refractivity contribution in [2.24, 2.45) is 0 Å². The summed E-state index contributed by atoms with van der Waals surface area (Å²) in [6.45, 7) is 2.39. The highest BCUT2D eigenvalue weighted by Gasteiger charge is 2.20. The maximum atomic E-state index is 12.4. The first-order valence-electron chi connectivity index (χ1n) is 8.62. The molecule has 2 amide bonds. The van der Waals surface area contributed by atoms with E-state index in [4.69, 9.17) is 0 Å². The van der Waals surface area contributed by atoms with E-state index < -0.39 is 0 Å². The van der Waals surface area contributed by atoms with E-state index in [9.17, 15) is 9.59 Å². The summed E-state index contributed by atoms with van der Waals surface area (Å²) in [5, 5.41) is 2.95. The Morgan fingerprint density at radius 1 is 1.12 bits per heavy atom. The number of amides is 2. The first kappa shape index (κ1) is 18.8. The third-order valence-electron chi connectivity index (χ3n) is 4.26. The summed E-state index contributed by atoms with van der Waals surface area (Å²) < 4.78 is 0. The van der Waals surface area contributed by atoms with Gasteiger partial charge in [-0.15, -0.1) is 11.8 Å². The quantitative estimate of drug-likeness (QED) is 0.760. The molecule has 132 valence electrons. The van der Waals surface area contributed by atoms with Crippen LogP contribution in [0.15, 0.2) is 29.2 Å². The fraction of sp³-hybridized carbons (Fsp3) is 0.556. The Labute approximate surface area is 148 Å². The number of thioether (sulfide) groups is 1. The number of nitrogens with zero attached hydrogens (tertiary/aromatic N) is 1. The first-order chi connectivity index (χ1) is 11.6. The van der Waals surface area contributed by atoms with Gasteiger partial charge in [-0.3, -0.25) is 9.59 Å². The molecule has 1 aliphatic rings. The van der Waals surface area contributed by atoms with Crippen LogP contribution in [0.4, 0.5) is 5.69 Å². The van der Waals surface area contributed by atoms with Crippen molar-refractivity contribution in [3.05, 3.63) is 24.3 Å². The van der Waals surface area contributed by atoms with Crippen molar-refractivity contribution in [2.45, 2.75) is 30.6 Å². The van der Waals surface area contributed by atoms with Gasteiger partial charge in [-0.2, -0.15) is 0 Å². The predicted octanol–water partition coefficient (Wildman–Crippen LogP) is 1.26. The van der Waals surface area contributed by atoms with Crippen molar-refractivity contribution in [1.82, 2.24) is 4.90 Å². The summed E-state index contributed by atoms with van der Waals surface area (Å²) in [6, 6.07) is 7.76. The molecular weight excluding hydrogens is 322 g/mol. The molecule has 0 bridgehead atoms. The molecule has 24 heavy (non-hydrogen) atoms. The number of likely N-dealkylation sites (tertiary alicyclic amines) is 1. The summed E-state index contributed by atoms with van der Waals surface area (Å²) >= 11 is 1.61. The van der Waals surface area contributed by atoms with E-state index in [-0.39, 0.29) is 11.8 Å². The van der Waals surface area contributed by atoms with Crippen LogP contribution in [0, 0.1) is 0 Å². The Morgan fingerprint density at radius 3 is 2.46 bits per heavy atom. The molecule has 1 heterocycles. The lowest BCUT2D eigenvalue weighted by Crippen LogP contribution is -3.11. The normalized spacial score (nSPS) is 16.3. The van der Waals surface area contributed by atoms with Gasteiger partial charge >= 0.3 is 0 Å². The molecule has 1 atom stereocenters. The topological polar surface area (TPSA) is 53.9 Å². The van der Waals surface area contributed by atoms with Gasteiger partial charge in [-0.25, -0.2) is 0 Å². The van der Waals surface area contributed by atoms with Gasteiger partial charge in [0, 0.05) is 18.0 Å². The van der Waals surface area contributed by atoms with Crippen LogP contribution in [0.25, 0.3) is 0 Å². The monoisotopic (exact) mass is 350 g/mol. The molecule has 0 aliphatic carbocycles. The standard InChI is InChI=1S/C18H27N3O2S/c1-20(14-18(23)21-11-7-3-4-8-12-21)13-17(22)19-15-9-5-6-10-16(15)24-2/h5-6,9-10H,3-4,7-8,11-14H2,1-2H3,(H,19,22)/p+1. The zero-order chi connectivity index (χ0) is 17.4. The van der Waals surface area contributed by atoms with E-state index in [1.807, 2.05) is 42.5 Å². The third-order valence-corrected chi connectivity index (χ3v) is 5.05. The Balaban J connectivity index is 1.81. The van der Waals surface area contributed by atoms with E-state index in [0.717, 1.165) is 41.4 Å². The Kier molecular flexibility index (Phi) is 7.59. The van der Waals surface area contributed by atoms with Crippen molar-refractivity contribution in [2.75, 3.05) is 44.8 Å². The van der Waals surface area contributed by atoms with Crippen LogP contribution in [0.1, 0.15) is 25.7 Å². The van der Waals surface area contributed by atoms with Crippen molar-refractivity contribution >= 4 is 29.3 Å². The number of nitrogens with one attached hydrogen (secondary N) is 2. The lowest BCUT2D eigenvalue weighted by Gasteiger charge is -2.22. The van der Waals surface area contributed by atoms with Gasteiger partial charge in [0.2, 0.25) is 0 Å². The molecule has 0 radical (unpaired) electrons. The number of likely N-dealkylation sites (N-methyl/N-ethyl adjacent to an activating group) is 1. The molecule has 1 saturated heterocycles. The largest absolute Gasteiger partial charge is 0.338 e. The summed E-state index contributed by atoms with van der Waals surface area (Å²) in [4.78, 5) is 28.5. The minimum absolute atomic E-state index is 0.0577. The fourth-order valence-electron chi connectivity index (χ4n) is 2.97. The minimum atomic E-state index is -0.0577. The molecule has 2 rings (SSSR count). The number of hydrogen-bond donors (Lipinski definition) is 2. The third kappa shape index (κ3) is 5.83. The van der Waals surface area contributed by atoms with Crippen LogP contribution in [0.2, 0.25) is 0 Å². The lowest BCUT2D eigenvalue weighted by molar-refractivity contribution is -0.862. The second-order valence-electron chi connectivity index (χ2n) is 6.35. The molecule has 1 aromatic carbocycles. The second-order valence-corrected chi connectivity index (χ2v) is 7.20. The van der Waals surface area contributed by atoms with E-state index in [0.29, 0.717) is 13.1 Å².